The van der Waals surface area contributed by atoms with E-state index in [2.05, 4.69) is 0 Å². The fourth-order valence-corrected chi connectivity index (χ4v) is 1.51. The summed E-state index contributed by atoms with van der Waals surface area (Å²) in [6, 6.07) is 5.24. The first-order valence-corrected chi connectivity index (χ1v) is 5.21. The van der Waals surface area contributed by atoms with Crippen molar-refractivity contribution in [3.05, 3.63) is 29.3 Å². The maximum Gasteiger partial charge on any atom is 0.418 e. The fourth-order valence-electron chi connectivity index (χ4n) is 1.51. The lowest BCUT2D eigenvalue weighted by atomic mass is 10.1. The van der Waals surface area contributed by atoms with Crippen molar-refractivity contribution in [2.75, 3.05) is 32.2 Å². The number of nitrogens with zero attached hydrogens (tertiary/aromatic N) is 2. The number of nitriles is 1. The van der Waals surface area contributed by atoms with Crippen LogP contribution in [0, 0.1) is 11.3 Å². The van der Waals surface area contributed by atoms with Crippen LogP contribution in [0.2, 0.25) is 0 Å². The number of benzene rings is 1. The second-order valence-electron chi connectivity index (χ2n) is 3.76. The lowest BCUT2D eigenvalue weighted by Gasteiger charge is -2.23. The van der Waals surface area contributed by atoms with Gasteiger partial charge in [0.25, 0.3) is 0 Å². The number of hydrogen-bond acceptors (Lipinski definition) is 3. The van der Waals surface area contributed by atoms with Gasteiger partial charge in [0.2, 0.25) is 0 Å². The van der Waals surface area contributed by atoms with E-state index in [1.165, 1.54) is 24.1 Å². The van der Waals surface area contributed by atoms with Crippen LogP contribution in [0.3, 0.4) is 0 Å². The number of alkyl halides is 3. The molecule has 6 heteroatoms. The summed E-state index contributed by atoms with van der Waals surface area (Å²) in [6.07, 6.45) is -4.48. The van der Waals surface area contributed by atoms with E-state index in [0.717, 1.165) is 6.07 Å². The molecular weight excluding hydrogens is 245 g/mol. The predicted octanol–water partition coefficient (Wildman–Crippen LogP) is 2.66. The zero-order valence-corrected chi connectivity index (χ0v) is 10.1. The molecule has 0 N–H and O–H groups in total. The molecule has 1 rings (SSSR count). The molecule has 1 aromatic rings. The van der Waals surface area contributed by atoms with E-state index < -0.39 is 11.7 Å². The molecule has 0 radical (unpaired) electrons. The number of ether oxygens (including phenoxy) is 1. The Hall–Kier alpha value is -1.74. The van der Waals surface area contributed by atoms with Gasteiger partial charge in [0.15, 0.2) is 0 Å². The second kappa shape index (κ2) is 5.74. The number of likely N-dealkylation sites (N-methyl/N-ethyl adjacent to an activating group) is 1. The van der Waals surface area contributed by atoms with Crippen molar-refractivity contribution in [3.63, 3.8) is 0 Å². The molecule has 0 atom stereocenters. The largest absolute Gasteiger partial charge is 0.418 e. The van der Waals surface area contributed by atoms with Crippen molar-refractivity contribution in [2.45, 2.75) is 6.18 Å². The third-order valence-electron chi connectivity index (χ3n) is 2.47. The van der Waals surface area contributed by atoms with Gasteiger partial charge in [-0.3, -0.25) is 0 Å². The van der Waals surface area contributed by atoms with Gasteiger partial charge < -0.3 is 9.64 Å². The summed E-state index contributed by atoms with van der Waals surface area (Å²) >= 11 is 0. The number of methoxy groups -OCH3 is 1. The first kappa shape index (κ1) is 14.3. The lowest BCUT2D eigenvalue weighted by molar-refractivity contribution is -0.137. The van der Waals surface area contributed by atoms with Crippen LogP contribution in [-0.4, -0.2) is 27.3 Å². The third kappa shape index (κ3) is 3.37. The van der Waals surface area contributed by atoms with Crippen molar-refractivity contribution in [3.8, 4) is 6.07 Å². The monoisotopic (exact) mass is 258 g/mol. The first-order chi connectivity index (χ1) is 8.40. The normalized spacial score (nSPS) is 11.1. The molecule has 0 heterocycles. The molecule has 18 heavy (non-hydrogen) atoms. The molecule has 0 saturated heterocycles. The van der Waals surface area contributed by atoms with E-state index in [-0.39, 0.29) is 11.3 Å². The van der Waals surface area contributed by atoms with Crippen molar-refractivity contribution in [1.29, 1.82) is 5.26 Å². The lowest BCUT2D eigenvalue weighted by Crippen LogP contribution is -2.25. The summed E-state index contributed by atoms with van der Waals surface area (Å²) in [6.45, 7) is 0.666. The molecule has 0 aromatic heterocycles. The highest BCUT2D eigenvalue weighted by Crippen LogP contribution is 2.36. The van der Waals surface area contributed by atoms with Crippen LogP contribution >= 0.6 is 0 Å². The predicted molar refractivity (Wildman–Crippen MR) is 61.3 cm³/mol. The number of hydrogen-bond donors (Lipinski definition) is 0. The van der Waals surface area contributed by atoms with Crippen LogP contribution in [0.1, 0.15) is 11.1 Å². The van der Waals surface area contributed by atoms with Gasteiger partial charge in [0.1, 0.15) is 0 Å². The van der Waals surface area contributed by atoms with Crippen LogP contribution in [0.15, 0.2) is 18.2 Å². The summed E-state index contributed by atoms with van der Waals surface area (Å²) in [5, 5.41) is 8.65. The average molecular weight is 258 g/mol. The van der Waals surface area contributed by atoms with Crippen LogP contribution in [0.25, 0.3) is 0 Å². The maximum absolute atomic E-state index is 12.9. The summed E-state index contributed by atoms with van der Waals surface area (Å²) in [4.78, 5) is 1.45. The van der Waals surface area contributed by atoms with Gasteiger partial charge in [0.05, 0.1) is 23.8 Å². The highest BCUT2D eigenvalue weighted by Gasteiger charge is 2.34. The van der Waals surface area contributed by atoms with Gasteiger partial charge in [-0.15, -0.1) is 0 Å². The van der Waals surface area contributed by atoms with Gasteiger partial charge in [-0.25, -0.2) is 0 Å². The Morgan fingerprint density at radius 2 is 2.06 bits per heavy atom. The van der Waals surface area contributed by atoms with Crippen LogP contribution < -0.4 is 4.90 Å². The van der Waals surface area contributed by atoms with Crippen molar-refractivity contribution in [1.82, 2.24) is 0 Å². The van der Waals surface area contributed by atoms with Crippen molar-refractivity contribution in [2.24, 2.45) is 0 Å². The van der Waals surface area contributed by atoms with E-state index in [1.54, 1.807) is 13.1 Å². The standard InChI is InChI=1S/C12H13F3N2O/c1-17(5-6-18-2)11-4-3-9(8-16)7-10(11)12(13,14)15/h3-4,7H,5-6H2,1-2H3. The summed E-state index contributed by atoms with van der Waals surface area (Å²) in [5.74, 6) is 0. The smallest absolute Gasteiger partial charge is 0.383 e. The Labute approximate surface area is 103 Å². The molecule has 0 aliphatic heterocycles. The molecule has 1 aromatic carbocycles. The van der Waals surface area contributed by atoms with E-state index in [1.807, 2.05) is 0 Å². The number of rotatable bonds is 4. The molecular formula is C12H13F3N2O. The summed E-state index contributed by atoms with van der Waals surface area (Å²) in [7, 11) is 3.03. The molecule has 0 aliphatic carbocycles. The highest BCUT2D eigenvalue weighted by atomic mass is 19.4. The van der Waals surface area contributed by atoms with E-state index >= 15 is 0 Å². The molecule has 0 unspecified atom stereocenters. The van der Waals surface area contributed by atoms with E-state index in [0.29, 0.717) is 13.2 Å². The van der Waals surface area contributed by atoms with Gasteiger partial charge >= 0.3 is 6.18 Å². The minimum Gasteiger partial charge on any atom is -0.383 e. The minimum atomic E-state index is -4.48. The third-order valence-corrected chi connectivity index (χ3v) is 2.47. The Morgan fingerprint density at radius 3 is 2.56 bits per heavy atom. The van der Waals surface area contributed by atoms with Crippen molar-refractivity contribution < 1.29 is 17.9 Å². The number of anilines is 1. The second-order valence-corrected chi connectivity index (χ2v) is 3.76. The summed E-state index contributed by atoms with van der Waals surface area (Å²) < 4.78 is 43.5. The Bertz CT molecular complexity index is 452. The van der Waals surface area contributed by atoms with Crippen molar-refractivity contribution >= 4 is 5.69 Å². The van der Waals surface area contributed by atoms with Crippen LogP contribution in [-0.2, 0) is 10.9 Å². The topological polar surface area (TPSA) is 36.3 Å². The first-order valence-electron chi connectivity index (χ1n) is 5.21. The maximum atomic E-state index is 12.9. The Balaban J connectivity index is 3.15. The van der Waals surface area contributed by atoms with Crippen LogP contribution in [0.4, 0.5) is 18.9 Å². The zero-order valence-electron chi connectivity index (χ0n) is 10.1. The Kier molecular flexibility index (Phi) is 4.56. The molecule has 0 bridgehead atoms. The zero-order chi connectivity index (χ0) is 13.8. The van der Waals surface area contributed by atoms with Gasteiger partial charge in [-0.1, -0.05) is 0 Å². The molecule has 0 fully saturated rings. The minimum absolute atomic E-state index is 0.00813. The molecule has 98 valence electrons. The molecule has 0 amide bonds. The summed E-state index contributed by atoms with van der Waals surface area (Å²) in [5.41, 5.74) is -0.773. The SMILES string of the molecule is COCCN(C)c1ccc(C#N)cc1C(F)(F)F. The molecule has 0 aliphatic rings. The Morgan fingerprint density at radius 1 is 1.39 bits per heavy atom. The van der Waals surface area contributed by atoms with Gasteiger partial charge in [-0.05, 0) is 18.2 Å². The number of halogens is 3. The highest BCUT2D eigenvalue weighted by molar-refractivity contribution is 5.57. The molecule has 0 saturated carbocycles. The van der Waals surface area contributed by atoms with Gasteiger partial charge in [-0.2, -0.15) is 18.4 Å². The quantitative estimate of drug-likeness (QED) is 0.833. The average Bonchev–Trinajstić information content (AvgIpc) is 2.34. The van der Waals surface area contributed by atoms with Gasteiger partial charge in [0, 0.05) is 26.4 Å². The fraction of sp³-hybridized carbons (Fsp3) is 0.417. The molecule has 0 spiro atoms. The molecule has 3 nitrogen and oxygen atoms in total. The van der Waals surface area contributed by atoms with E-state index in [9.17, 15) is 13.2 Å². The van der Waals surface area contributed by atoms with E-state index in [4.69, 9.17) is 10.00 Å². The van der Waals surface area contributed by atoms with Crippen LogP contribution in [0.5, 0.6) is 0 Å².